The molecule has 0 unspecified atom stereocenters. The zero-order valence-electron chi connectivity index (χ0n) is 19.7. The van der Waals surface area contributed by atoms with Crippen LogP contribution in [0.15, 0.2) is 60.7 Å². The molecular formula is C27H29N5O2S. The van der Waals surface area contributed by atoms with Crippen molar-refractivity contribution in [3.05, 3.63) is 82.4 Å². The predicted molar refractivity (Wildman–Crippen MR) is 139 cm³/mol. The van der Waals surface area contributed by atoms with E-state index in [-0.39, 0.29) is 17.7 Å². The second-order valence-corrected chi connectivity index (χ2v) is 10.2. The van der Waals surface area contributed by atoms with Crippen molar-refractivity contribution in [2.75, 3.05) is 18.4 Å². The van der Waals surface area contributed by atoms with Gasteiger partial charge in [-0.25, -0.2) is 0 Å². The van der Waals surface area contributed by atoms with Gasteiger partial charge >= 0.3 is 0 Å². The average Bonchev–Trinajstić information content (AvgIpc) is 3.42. The summed E-state index contributed by atoms with van der Waals surface area (Å²) in [5, 5.41) is 8.75. The number of primary amides is 1. The van der Waals surface area contributed by atoms with Crippen molar-refractivity contribution >= 4 is 39.1 Å². The van der Waals surface area contributed by atoms with Gasteiger partial charge in [0.25, 0.3) is 5.91 Å². The molecule has 2 aromatic heterocycles. The summed E-state index contributed by atoms with van der Waals surface area (Å²) in [6, 6.07) is 20.1. The van der Waals surface area contributed by atoms with Gasteiger partial charge in [-0.3, -0.25) is 19.2 Å². The van der Waals surface area contributed by atoms with E-state index in [2.05, 4.69) is 33.5 Å². The fourth-order valence-electron chi connectivity index (χ4n) is 4.66. The largest absolute Gasteiger partial charge is 0.369 e. The lowest BCUT2D eigenvalue weighted by Crippen LogP contribution is -2.38. The van der Waals surface area contributed by atoms with Crippen LogP contribution in [-0.4, -0.2) is 39.6 Å². The molecule has 7 nitrogen and oxygen atoms in total. The summed E-state index contributed by atoms with van der Waals surface area (Å²) in [5.41, 5.74) is 9.45. The molecule has 1 aliphatic heterocycles. The first-order valence-electron chi connectivity index (χ1n) is 11.9. The molecule has 0 aliphatic carbocycles. The molecule has 0 spiro atoms. The minimum Gasteiger partial charge on any atom is -0.369 e. The lowest BCUT2D eigenvalue weighted by Gasteiger charge is -2.30. The van der Waals surface area contributed by atoms with E-state index in [1.165, 1.54) is 16.9 Å². The van der Waals surface area contributed by atoms with Crippen LogP contribution < -0.4 is 11.1 Å². The lowest BCUT2D eigenvalue weighted by molar-refractivity contribution is -0.123. The third kappa shape index (κ3) is 5.28. The van der Waals surface area contributed by atoms with Crippen molar-refractivity contribution in [1.82, 2.24) is 14.7 Å². The van der Waals surface area contributed by atoms with E-state index in [4.69, 9.17) is 5.73 Å². The second kappa shape index (κ2) is 10.0. The highest BCUT2D eigenvalue weighted by Crippen LogP contribution is 2.29. The number of rotatable bonds is 7. The smallest absolute Gasteiger partial charge is 0.265 e. The van der Waals surface area contributed by atoms with Crippen LogP contribution in [0, 0.1) is 12.8 Å². The lowest BCUT2D eigenvalue weighted by atomic mass is 9.96. The summed E-state index contributed by atoms with van der Waals surface area (Å²) in [6.45, 7) is 5.14. The van der Waals surface area contributed by atoms with E-state index in [9.17, 15) is 9.59 Å². The predicted octanol–water partition coefficient (Wildman–Crippen LogP) is 4.40. The van der Waals surface area contributed by atoms with Gasteiger partial charge in [0, 0.05) is 23.5 Å². The van der Waals surface area contributed by atoms with Crippen LogP contribution in [0.3, 0.4) is 0 Å². The number of amides is 2. The van der Waals surface area contributed by atoms with E-state index in [1.54, 1.807) is 0 Å². The van der Waals surface area contributed by atoms with Gasteiger partial charge in [0.2, 0.25) is 5.91 Å². The molecule has 0 radical (unpaired) electrons. The normalized spacial score (nSPS) is 14.9. The van der Waals surface area contributed by atoms with Crippen molar-refractivity contribution in [2.45, 2.75) is 32.9 Å². The fraction of sp³-hybridized carbons (Fsp3) is 0.296. The Hall–Kier alpha value is -3.49. The van der Waals surface area contributed by atoms with Crippen LogP contribution >= 0.6 is 11.3 Å². The van der Waals surface area contributed by atoms with Crippen molar-refractivity contribution < 1.29 is 9.59 Å². The first-order chi connectivity index (χ1) is 17.0. The Morgan fingerprint density at radius 3 is 2.51 bits per heavy atom. The highest BCUT2D eigenvalue weighted by atomic mass is 32.1. The maximum atomic E-state index is 13.1. The number of piperidine rings is 1. The number of nitrogens with one attached hydrogen (secondary N) is 1. The molecule has 180 valence electrons. The van der Waals surface area contributed by atoms with E-state index in [1.807, 2.05) is 54.1 Å². The van der Waals surface area contributed by atoms with Gasteiger partial charge in [-0.1, -0.05) is 42.5 Å². The second-order valence-electron chi connectivity index (χ2n) is 9.17. The highest BCUT2D eigenvalue weighted by Gasteiger charge is 2.23. The first kappa shape index (κ1) is 23.3. The Morgan fingerprint density at radius 1 is 1.03 bits per heavy atom. The van der Waals surface area contributed by atoms with Gasteiger partial charge < -0.3 is 11.1 Å². The Morgan fingerprint density at radius 2 is 1.77 bits per heavy atom. The molecule has 1 saturated heterocycles. The maximum Gasteiger partial charge on any atom is 0.265 e. The Labute approximate surface area is 208 Å². The minimum atomic E-state index is -0.196. The van der Waals surface area contributed by atoms with Crippen LogP contribution in [-0.2, 0) is 17.9 Å². The molecule has 4 aromatic rings. The van der Waals surface area contributed by atoms with Crippen molar-refractivity contribution in [2.24, 2.45) is 11.7 Å². The number of thiophene rings is 1. The molecule has 0 atom stereocenters. The summed E-state index contributed by atoms with van der Waals surface area (Å²) >= 11 is 1.47. The monoisotopic (exact) mass is 487 g/mol. The molecule has 0 bridgehead atoms. The average molecular weight is 488 g/mol. The van der Waals surface area contributed by atoms with Crippen molar-refractivity contribution in [3.8, 4) is 0 Å². The number of fused-ring (bicyclic) bond motifs is 1. The van der Waals surface area contributed by atoms with Crippen LogP contribution in [0.1, 0.15) is 39.3 Å². The number of nitrogens with two attached hydrogens (primary N) is 1. The summed E-state index contributed by atoms with van der Waals surface area (Å²) in [6.07, 6.45) is 1.61. The molecule has 5 rings (SSSR count). The molecular weight excluding hydrogens is 458 g/mol. The SMILES string of the molecule is Cc1nn(Cc2ccccc2)c2sc(C(=O)Nc3cccc(CN4CCC(C(N)=O)CC4)c3)cc12. The topological polar surface area (TPSA) is 93.2 Å². The van der Waals surface area contributed by atoms with Crippen LogP contribution in [0.2, 0.25) is 0 Å². The van der Waals surface area contributed by atoms with Crippen molar-refractivity contribution in [1.29, 1.82) is 0 Å². The number of aryl methyl sites for hydroxylation is 1. The molecule has 3 N–H and O–H groups in total. The minimum absolute atomic E-state index is 0.0124. The van der Waals surface area contributed by atoms with Gasteiger partial charge in [-0.15, -0.1) is 11.3 Å². The number of nitrogens with zero attached hydrogens (tertiary/aromatic N) is 3. The third-order valence-corrected chi connectivity index (χ3v) is 7.73. The first-order valence-corrected chi connectivity index (χ1v) is 12.7. The maximum absolute atomic E-state index is 13.1. The van der Waals surface area contributed by atoms with E-state index >= 15 is 0 Å². The molecule has 35 heavy (non-hydrogen) atoms. The highest BCUT2D eigenvalue weighted by molar-refractivity contribution is 7.20. The molecule has 2 amide bonds. The molecule has 2 aromatic carbocycles. The zero-order chi connectivity index (χ0) is 24.4. The summed E-state index contributed by atoms with van der Waals surface area (Å²) in [7, 11) is 0. The van der Waals surface area contributed by atoms with Crippen molar-refractivity contribution in [3.63, 3.8) is 0 Å². The standard InChI is InChI=1S/C27H29N5O2S/c1-18-23-15-24(35-27(23)32(30-18)17-19-6-3-2-4-7-19)26(34)29-22-9-5-8-20(14-22)16-31-12-10-21(11-13-31)25(28)33/h2-9,14-15,21H,10-13,16-17H2,1H3,(H2,28,33)(H,29,34). The molecule has 0 saturated carbocycles. The molecule has 1 fully saturated rings. The van der Waals surface area contributed by atoms with Gasteiger partial charge in [0.1, 0.15) is 4.83 Å². The number of carbonyl (C=O) groups excluding carboxylic acids is 2. The number of aromatic nitrogens is 2. The van der Waals surface area contributed by atoms with Gasteiger partial charge in [0.05, 0.1) is 17.1 Å². The summed E-state index contributed by atoms with van der Waals surface area (Å²) < 4.78 is 1.98. The Balaban J connectivity index is 1.26. The van der Waals surface area contributed by atoms with E-state index in [0.717, 1.165) is 59.6 Å². The van der Waals surface area contributed by atoms with E-state index < -0.39 is 0 Å². The number of likely N-dealkylation sites (tertiary alicyclic amines) is 1. The fourth-order valence-corrected chi connectivity index (χ4v) is 5.72. The number of hydrogen-bond donors (Lipinski definition) is 2. The van der Waals surface area contributed by atoms with Gasteiger partial charge in [-0.05, 0) is 62.2 Å². The molecule has 3 heterocycles. The number of benzene rings is 2. The van der Waals surface area contributed by atoms with Gasteiger partial charge in [-0.2, -0.15) is 5.10 Å². The quantitative estimate of drug-likeness (QED) is 0.404. The third-order valence-electron chi connectivity index (χ3n) is 6.59. The van der Waals surface area contributed by atoms with Gasteiger partial charge in [0.15, 0.2) is 0 Å². The van der Waals surface area contributed by atoms with Crippen LogP contribution in [0.5, 0.6) is 0 Å². The molecule has 1 aliphatic rings. The zero-order valence-corrected chi connectivity index (χ0v) is 20.6. The molecule has 8 heteroatoms. The van der Waals surface area contributed by atoms with Crippen LogP contribution in [0.4, 0.5) is 5.69 Å². The number of anilines is 1. The number of hydrogen-bond acceptors (Lipinski definition) is 5. The summed E-state index contributed by atoms with van der Waals surface area (Å²) in [5.74, 6) is -0.323. The number of carbonyl (C=O) groups is 2. The van der Waals surface area contributed by atoms with E-state index in [0.29, 0.717) is 11.4 Å². The van der Waals surface area contributed by atoms with Crippen LogP contribution in [0.25, 0.3) is 10.2 Å². The Bertz CT molecular complexity index is 1350. The summed E-state index contributed by atoms with van der Waals surface area (Å²) in [4.78, 5) is 28.5. The Kier molecular flexibility index (Phi) is 6.66.